The molecule has 4 nitrogen and oxygen atoms in total. The molecule has 2 rings (SSSR count). The molecule has 0 bridgehead atoms. The van der Waals surface area contributed by atoms with Gasteiger partial charge in [-0.1, -0.05) is 24.3 Å². The first-order valence-corrected chi connectivity index (χ1v) is 8.97. The molecule has 1 atom stereocenters. The standard InChI is InChI=1S/C17H17F2NO3S/c1-12(17(21)20-10-13-5-7-15(18)8-6-13)24(22,23)11-14-3-2-4-16(19)9-14/h2-9,12H,10-11H2,1H3,(H,20,21). The Hall–Kier alpha value is -2.28. The van der Waals surface area contributed by atoms with Crippen LogP contribution >= 0.6 is 0 Å². The summed E-state index contributed by atoms with van der Waals surface area (Å²) in [6.45, 7) is 1.38. The average Bonchev–Trinajstić information content (AvgIpc) is 2.53. The zero-order valence-corrected chi connectivity index (χ0v) is 13.8. The average molecular weight is 353 g/mol. The number of carbonyl (C=O) groups is 1. The van der Waals surface area contributed by atoms with E-state index in [-0.39, 0.29) is 12.1 Å². The number of hydrogen-bond acceptors (Lipinski definition) is 3. The summed E-state index contributed by atoms with van der Waals surface area (Å²) >= 11 is 0. The first-order chi connectivity index (χ1) is 11.3. The van der Waals surface area contributed by atoms with Crippen molar-refractivity contribution in [1.29, 1.82) is 0 Å². The fraction of sp³-hybridized carbons (Fsp3) is 0.235. The van der Waals surface area contributed by atoms with Crippen LogP contribution in [0.3, 0.4) is 0 Å². The summed E-state index contributed by atoms with van der Waals surface area (Å²) in [5.41, 5.74) is 0.938. The van der Waals surface area contributed by atoms with Crippen LogP contribution in [-0.2, 0) is 26.9 Å². The van der Waals surface area contributed by atoms with Crippen LogP contribution in [0, 0.1) is 11.6 Å². The van der Waals surface area contributed by atoms with E-state index >= 15 is 0 Å². The van der Waals surface area contributed by atoms with Crippen molar-refractivity contribution in [2.75, 3.05) is 0 Å². The van der Waals surface area contributed by atoms with Gasteiger partial charge in [-0.25, -0.2) is 17.2 Å². The zero-order valence-electron chi connectivity index (χ0n) is 13.0. The highest BCUT2D eigenvalue weighted by molar-refractivity contribution is 7.92. The Morgan fingerprint density at radius 1 is 1.04 bits per heavy atom. The topological polar surface area (TPSA) is 63.2 Å². The second-order valence-electron chi connectivity index (χ2n) is 5.42. The number of carbonyl (C=O) groups excluding carboxylic acids is 1. The van der Waals surface area contributed by atoms with Crippen molar-refractivity contribution in [2.45, 2.75) is 24.5 Å². The highest BCUT2D eigenvalue weighted by Gasteiger charge is 2.28. The molecule has 2 aromatic carbocycles. The first-order valence-electron chi connectivity index (χ1n) is 7.26. The number of sulfone groups is 1. The third-order valence-corrected chi connectivity index (χ3v) is 5.57. The van der Waals surface area contributed by atoms with Crippen molar-refractivity contribution in [2.24, 2.45) is 0 Å². The lowest BCUT2D eigenvalue weighted by molar-refractivity contribution is -0.120. The van der Waals surface area contributed by atoms with Crippen molar-refractivity contribution in [3.63, 3.8) is 0 Å². The van der Waals surface area contributed by atoms with Crippen LogP contribution in [0.5, 0.6) is 0 Å². The van der Waals surface area contributed by atoms with Crippen LogP contribution in [-0.4, -0.2) is 19.6 Å². The molecular weight excluding hydrogens is 336 g/mol. The molecule has 1 amide bonds. The Bertz CT molecular complexity index is 820. The lowest BCUT2D eigenvalue weighted by atomic mass is 10.2. The highest BCUT2D eigenvalue weighted by Crippen LogP contribution is 2.13. The van der Waals surface area contributed by atoms with E-state index < -0.39 is 38.4 Å². The van der Waals surface area contributed by atoms with Gasteiger partial charge in [-0.15, -0.1) is 0 Å². The molecule has 0 aliphatic heterocycles. The molecule has 0 aromatic heterocycles. The molecule has 2 aromatic rings. The molecule has 24 heavy (non-hydrogen) atoms. The molecule has 128 valence electrons. The maximum atomic E-state index is 13.1. The number of halogens is 2. The van der Waals surface area contributed by atoms with E-state index in [0.717, 1.165) is 6.07 Å². The van der Waals surface area contributed by atoms with Crippen molar-refractivity contribution in [3.8, 4) is 0 Å². The number of rotatable bonds is 6. The molecule has 7 heteroatoms. The largest absolute Gasteiger partial charge is 0.351 e. The Morgan fingerprint density at radius 3 is 2.33 bits per heavy atom. The van der Waals surface area contributed by atoms with Gasteiger partial charge in [-0.3, -0.25) is 4.79 Å². The van der Waals surface area contributed by atoms with Crippen LogP contribution in [0.4, 0.5) is 8.78 Å². The van der Waals surface area contributed by atoms with E-state index in [1.54, 1.807) is 0 Å². The number of nitrogens with one attached hydrogen (secondary N) is 1. The van der Waals surface area contributed by atoms with Crippen molar-refractivity contribution < 1.29 is 22.0 Å². The van der Waals surface area contributed by atoms with E-state index in [4.69, 9.17) is 0 Å². The van der Waals surface area contributed by atoms with Crippen LogP contribution in [0.2, 0.25) is 0 Å². The normalized spacial score (nSPS) is 12.6. The van der Waals surface area contributed by atoms with Gasteiger partial charge >= 0.3 is 0 Å². The molecule has 0 aliphatic rings. The predicted molar refractivity (Wildman–Crippen MR) is 86.7 cm³/mol. The van der Waals surface area contributed by atoms with E-state index in [1.807, 2.05) is 0 Å². The van der Waals surface area contributed by atoms with Crippen LogP contribution in [0.25, 0.3) is 0 Å². The van der Waals surface area contributed by atoms with Crippen molar-refractivity contribution in [3.05, 3.63) is 71.3 Å². The Labute approximate surface area is 139 Å². The van der Waals surface area contributed by atoms with E-state index in [9.17, 15) is 22.0 Å². The maximum absolute atomic E-state index is 13.1. The van der Waals surface area contributed by atoms with Gasteiger partial charge in [0.15, 0.2) is 9.84 Å². The Balaban J connectivity index is 1.99. The molecule has 0 saturated carbocycles. The van der Waals surface area contributed by atoms with Gasteiger partial charge in [0.1, 0.15) is 16.9 Å². The van der Waals surface area contributed by atoms with Gasteiger partial charge < -0.3 is 5.32 Å². The Morgan fingerprint density at radius 2 is 1.71 bits per heavy atom. The molecule has 1 N–H and O–H groups in total. The lowest BCUT2D eigenvalue weighted by Gasteiger charge is -2.13. The monoisotopic (exact) mass is 353 g/mol. The second-order valence-corrected chi connectivity index (χ2v) is 7.75. The summed E-state index contributed by atoms with van der Waals surface area (Å²) in [5, 5.41) is 1.23. The van der Waals surface area contributed by atoms with Gasteiger partial charge in [-0.2, -0.15) is 0 Å². The first kappa shape index (κ1) is 18.1. The maximum Gasteiger partial charge on any atom is 0.238 e. The summed E-state index contributed by atoms with van der Waals surface area (Å²) < 4.78 is 50.5. The molecule has 0 radical (unpaired) electrons. The minimum atomic E-state index is -3.78. The highest BCUT2D eigenvalue weighted by atomic mass is 32.2. The van der Waals surface area contributed by atoms with Crippen LogP contribution in [0.1, 0.15) is 18.1 Å². The summed E-state index contributed by atoms with van der Waals surface area (Å²) in [6, 6.07) is 10.8. The third-order valence-electron chi connectivity index (χ3n) is 3.54. The van der Waals surface area contributed by atoms with Crippen molar-refractivity contribution >= 4 is 15.7 Å². The lowest BCUT2D eigenvalue weighted by Crippen LogP contribution is -2.38. The molecule has 0 aliphatic carbocycles. The number of benzene rings is 2. The van der Waals surface area contributed by atoms with Gasteiger partial charge in [0.25, 0.3) is 0 Å². The summed E-state index contributed by atoms with van der Waals surface area (Å²) in [7, 11) is -3.78. The van der Waals surface area contributed by atoms with E-state index in [2.05, 4.69) is 5.32 Å². The molecule has 0 saturated heterocycles. The molecule has 1 unspecified atom stereocenters. The van der Waals surface area contributed by atoms with E-state index in [1.165, 1.54) is 49.4 Å². The van der Waals surface area contributed by atoms with Gasteiger partial charge in [0, 0.05) is 6.54 Å². The molecule has 0 fully saturated rings. The predicted octanol–water partition coefficient (Wildman–Crippen LogP) is 2.58. The molecular formula is C17H17F2NO3S. The van der Waals surface area contributed by atoms with E-state index in [0.29, 0.717) is 5.56 Å². The quantitative estimate of drug-likeness (QED) is 0.868. The fourth-order valence-corrected chi connectivity index (χ4v) is 3.39. The minimum Gasteiger partial charge on any atom is -0.351 e. The number of amides is 1. The zero-order chi connectivity index (χ0) is 17.7. The Kier molecular flexibility index (Phi) is 5.66. The van der Waals surface area contributed by atoms with Crippen LogP contribution in [0.15, 0.2) is 48.5 Å². The number of hydrogen-bond donors (Lipinski definition) is 1. The SMILES string of the molecule is CC(C(=O)NCc1ccc(F)cc1)S(=O)(=O)Cc1cccc(F)c1. The van der Waals surface area contributed by atoms with Gasteiger partial charge in [-0.05, 0) is 42.3 Å². The van der Waals surface area contributed by atoms with Gasteiger partial charge in [0.2, 0.25) is 5.91 Å². The summed E-state index contributed by atoms with van der Waals surface area (Å²) in [6.07, 6.45) is 0. The minimum absolute atomic E-state index is 0.0962. The summed E-state index contributed by atoms with van der Waals surface area (Å²) in [5.74, 6) is -2.00. The molecule has 0 spiro atoms. The van der Waals surface area contributed by atoms with Crippen LogP contribution < -0.4 is 5.32 Å². The van der Waals surface area contributed by atoms with Gasteiger partial charge in [0.05, 0.1) is 5.75 Å². The van der Waals surface area contributed by atoms with Crippen molar-refractivity contribution in [1.82, 2.24) is 5.32 Å². The molecule has 0 heterocycles. The second kappa shape index (κ2) is 7.53. The fourth-order valence-electron chi connectivity index (χ4n) is 2.08. The smallest absolute Gasteiger partial charge is 0.238 e. The summed E-state index contributed by atoms with van der Waals surface area (Å²) in [4.78, 5) is 12.0. The third kappa shape index (κ3) is 4.86.